The van der Waals surface area contributed by atoms with Crippen LogP contribution in [0.4, 0.5) is 22.0 Å². The van der Waals surface area contributed by atoms with Crippen LogP contribution in [0.2, 0.25) is 58.9 Å². The highest BCUT2D eigenvalue weighted by Gasteiger charge is 2.31. The fourth-order valence-electron chi connectivity index (χ4n) is 13.5. The number of pyridine rings is 3. The second kappa shape index (κ2) is 23.4. The molecule has 0 aliphatic carbocycles. The van der Waals surface area contributed by atoms with Crippen LogP contribution in [0.25, 0.3) is 132 Å². The third kappa shape index (κ3) is 11.1. The van der Waals surface area contributed by atoms with Gasteiger partial charge in [-0.2, -0.15) is 13.7 Å². The molecular formula is C81H79F5N3O3Si3+3. The number of nitrogens with zero attached hydrogens (tertiary/aromatic N) is 3. The minimum atomic E-state index is -1.93. The third-order valence-electron chi connectivity index (χ3n) is 19.4. The Kier molecular flexibility index (Phi) is 15.0. The number of halogens is 5. The summed E-state index contributed by atoms with van der Waals surface area (Å²) in [6, 6.07) is 40.1. The molecule has 0 N–H and O–H groups in total. The van der Waals surface area contributed by atoms with Crippen molar-refractivity contribution in [1.29, 1.82) is 0 Å². The second-order valence-electron chi connectivity index (χ2n) is 28.8. The Hall–Kier alpha value is -9.09. The second-order valence-corrected chi connectivity index (χ2v) is 44.0. The van der Waals surface area contributed by atoms with E-state index in [1.807, 2.05) is 92.9 Å². The average Bonchev–Trinajstić information content (AvgIpc) is 1.43. The monoisotopic (exact) mass is 1320 g/mol. The first-order chi connectivity index (χ1) is 46.0. The lowest BCUT2D eigenvalue weighted by Crippen LogP contribution is -2.42. The van der Waals surface area contributed by atoms with Crippen molar-refractivity contribution in [3.63, 3.8) is 0 Å². The summed E-state index contributed by atoms with van der Waals surface area (Å²) >= 11 is 0. The standard InChI is InChI=1S/2C27H26F2NOSi.C27H27FNOSi/c1-15-11-20-19-9-8-18(28)13-24(19)31-27(20)26(16(15)2)22-10-7-17-12-21(29)25(32(4,5)6)14-23(17)30(22)3;1-15-11-21-19-8-7-17(28)12-25(19)31-27(21)26(16(15)2)23-10-9-20-22(29)13-18(32(4,5)6)14-24(20)30(23)3;1-16-13-21-19-9-7-8-10-25(19)30-27(21)26(17(16)2)23-12-11-20-22(28)14-18(31(4,5)6)15-24(20)29(23)3/h2*7-14H,1-6H3;7-15H,1-6H3/q3*+1/i7D;9D;11D. The smallest absolute Gasteiger partial charge is 0.216 e. The summed E-state index contributed by atoms with van der Waals surface area (Å²) < 4.78 is 124. The largest absolute Gasteiger partial charge is 0.455 e. The molecule has 0 aliphatic rings. The fourth-order valence-corrected chi connectivity index (χ4v) is 17.1. The fraction of sp³-hybridized carbons (Fsp3) is 0.222. The van der Waals surface area contributed by atoms with Gasteiger partial charge in [-0.1, -0.05) is 87.5 Å². The van der Waals surface area contributed by atoms with Gasteiger partial charge in [0.15, 0.2) is 0 Å². The number of furan rings is 3. The maximum absolute atomic E-state index is 15.2. The van der Waals surface area contributed by atoms with Crippen molar-refractivity contribution in [2.45, 2.75) is 100 Å². The van der Waals surface area contributed by atoms with Gasteiger partial charge in [-0.05, 0) is 165 Å². The van der Waals surface area contributed by atoms with Gasteiger partial charge in [-0.15, -0.1) is 0 Å². The highest BCUT2D eigenvalue weighted by atomic mass is 28.3. The Morgan fingerprint density at radius 1 is 0.347 bits per heavy atom. The average molecular weight is 1320 g/mol. The summed E-state index contributed by atoms with van der Waals surface area (Å²) in [5.41, 5.74) is 17.8. The van der Waals surface area contributed by atoms with Crippen molar-refractivity contribution in [3.05, 3.63) is 214 Å². The first kappa shape index (κ1) is 60.8. The number of rotatable bonds is 6. The normalized spacial score (nSPS) is 12.8. The first-order valence-corrected chi connectivity index (χ1v) is 42.6. The Morgan fingerprint density at radius 2 is 0.726 bits per heavy atom. The van der Waals surface area contributed by atoms with Crippen LogP contribution in [0.5, 0.6) is 0 Å². The Labute approximate surface area is 557 Å². The summed E-state index contributed by atoms with van der Waals surface area (Å²) in [6.07, 6.45) is 0. The topological polar surface area (TPSA) is 51.1 Å². The van der Waals surface area contributed by atoms with Gasteiger partial charge in [0, 0.05) is 86.2 Å². The van der Waals surface area contributed by atoms with Crippen LogP contribution < -0.4 is 29.3 Å². The number of hydrogen-bond donors (Lipinski definition) is 0. The molecule has 0 atom stereocenters. The quantitative estimate of drug-likeness (QED) is 0.0947. The van der Waals surface area contributed by atoms with E-state index in [0.717, 1.165) is 137 Å². The lowest BCUT2D eigenvalue weighted by Gasteiger charge is -2.18. The predicted octanol–water partition coefficient (Wildman–Crippen LogP) is 19.9. The summed E-state index contributed by atoms with van der Waals surface area (Å²) in [5.74, 6) is -1.61. The first-order valence-electron chi connectivity index (χ1n) is 33.6. The van der Waals surface area contributed by atoms with Crippen molar-refractivity contribution in [2.75, 3.05) is 0 Å². The maximum Gasteiger partial charge on any atom is 0.216 e. The molecule has 15 rings (SSSR count). The Morgan fingerprint density at radius 3 is 1.14 bits per heavy atom. The summed E-state index contributed by atoms with van der Waals surface area (Å²) in [5, 5.41) is 9.71. The zero-order valence-corrected chi connectivity index (χ0v) is 60.2. The molecular weight excluding hydrogens is 1240 g/mol. The maximum atomic E-state index is 15.2. The van der Waals surface area contributed by atoms with E-state index in [0.29, 0.717) is 44.0 Å². The molecule has 6 aromatic heterocycles. The molecule has 95 heavy (non-hydrogen) atoms. The molecule has 14 heteroatoms. The summed E-state index contributed by atoms with van der Waals surface area (Å²) in [7, 11) is 0.362. The van der Waals surface area contributed by atoms with Gasteiger partial charge in [-0.25, -0.2) is 22.0 Å². The van der Waals surface area contributed by atoms with Gasteiger partial charge in [0.25, 0.3) is 0 Å². The third-order valence-corrected chi connectivity index (χ3v) is 25.5. The van der Waals surface area contributed by atoms with Crippen molar-refractivity contribution in [2.24, 2.45) is 21.1 Å². The highest BCUT2D eigenvalue weighted by molar-refractivity contribution is 6.89. The van der Waals surface area contributed by atoms with E-state index in [2.05, 4.69) is 103 Å². The molecule has 9 aromatic carbocycles. The molecule has 0 unspecified atom stereocenters. The molecule has 0 saturated carbocycles. The van der Waals surface area contributed by atoms with E-state index in [1.165, 1.54) is 30.3 Å². The summed E-state index contributed by atoms with van der Waals surface area (Å²) in [6.45, 7) is 31.8. The zero-order valence-electron chi connectivity index (χ0n) is 60.2. The molecule has 0 spiro atoms. The molecule has 0 fully saturated rings. The Bertz CT molecular complexity index is 5940. The lowest BCUT2D eigenvalue weighted by molar-refractivity contribution is -0.633. The van der Waals surface area contributed by atoms with E-state index < -0.39 is 24.2 Å². The van der Waals surface area contributed by atoms with Crippen LogP contribution >= 0.6 is 0 Å². The number of fused-ring (bicyclic) bond motifs is 12. The van der Waals surface area contributed by atoms with E-state index in [-0.39, 0.29) is 47.2 Å². The van der Waals surface area contributed by atoms with Gasteiger partial charge < -0.3 is 13.3 Å². The van der Waals surface area contributed by atoms with Crippen LogP contribution in [-0.4, -0.2) is 24.2 Å². The molecule has 0 radical (unpaired) electrons. The highest BCUT2D eigenvalue weighted by Crippen LogP contribution is 2.43. The molecule has 6 nitrogen and oxygen atoms in total. The van der Waals surface area contributed by atoms with Crippen molar-refractivity contribution in [1.82, 2.24) is 0 Å². The van der Waals surface area contributed by atoms with Crippen molar-refractivity contribution < 1.29 is 53.0 Å². The van der Waals surface area contributed by atoms with Crippen LogP contribution in [-0.2, 0) is 21.1 Å². The minimum Gasteiger partial charge on any atom is -0.455 e. The zero-order chi connectivity index (χ0) is 70.6. The van der Waals surface area contributed by atoms with E-state index in [1.54, 1.807) is 42.5 Å². The van der Waals surface area contributed by atoms with Gasteiger partial charge in [-0.3, -0.25) is 0 Å². The van der Waals surface area contributed by atoms with Crippen LogP contribution in [0, 0.1) is 70.6 Å². The molecule has 0 aliphatic heterocycles. The minimum absolute atomic E-state index is 0.133. The number of aryl methyl sites for hydroxylation is 6. The Balaban J connectivity index is 0.000000132. The number of hydrogen-bond acceptors (Lipinski definition) is 3. The molecule has 0 amide bonds. The molecule has 0 bridgehead atoms. The van der Waals surface area contributed by atoms with Crippen LogP contribution in [0.1, 0.15) is 37.5 Å². The van der Waals surface area contributed by atoms with E-state index in [9.17, 15) is 13.2 Å². The van der Waals surface area contributed by atoms with Crippen LogP contribution in [0.15, 0.2) is 165 Å². The van der Waals surface area contributed by atoms with Crippen molar-refractivity contribution in [3.8, 4) is 33.8 Å². The molecule has 0 saturated heterocycles. The van der Waals surface area contributed by atoms with Gasteiger partial charge in [0.05, 0.1) is 55.8 Å². The summed E-state index contributed by atoms with van der Waals surface area (Å²) in [4.78, 5) is 0. The molecule has 15 aromatic rings. The molecule has 6 heterocycles. The number of aromatic nitrogens is 3. The van der Waals surface area contributed by atoms with Gasteiger partial charge in [0.2, 0.25) is 33.6 Å². The van der Waals surface area contributed by atoms with E-state index >= 15 is 8.78 Å². The van der Waals surface area contributed by atoms with Gasteiger partial charge in [0.1, 0.15) is 83.7 Å². The van der Waals surface area contributed by atoms with Gasteiger partial charge >= 0.3 is 0 Å². The van der Waals surface area contributed by atoms with E-state index in [4.69, 9.17) is 17.4 Å². The lowest BCUT2D eigenvalue weighted by atomic mass is 9.96. The molecule has 480 valence electrons. The SMILES string of the molecule is [2H]c1cc(-c2c(C)c(C)cc3c2oc2cc(F)ccc23)[n+](C)c2cc([Si](C)(C)C)c(F)cc12.[2H]c1cc(-c2c(C)c(C)cc3c2oc2cc(F)ccc23)[n+](C)c2cc([Si](C)(C)C)cc(F)c12.[2H]c1cc(-c2c(C)c(C)cc3c2oc2ccccc23)[n+](C)c2cc([Si](C)(C)C)cc(F)c12. The van der Waals surface area contributed by atoms with Crippen molar-refractivity contribution >= 4 is 138 Å². The number of para-hydroxylation sites is 1. The van der Waals surface area contributed by atoms with Crippen LogP contribution in [0.3, 0.4) is 0 Å². The predicted molar refractivity (Wildman–Crippen MR) is 391 cm³/mol. The number of benzene rings is 9.